The van der Waals surface area contributed by atoms with E-state index in [-0.39, 0.29) is 5.78 Å². The van der Waals surface area contributed by atoms with Crippen LogP contribution in [0, 0.1) is 0 Å². The van der Waals surface area contributed by atoms with Gasteiger partial charge in [0, 0.05) is 11.8 Å². The number of ether oxygens (including phenoxy) is 4. The van der Waals surface area contributed by atoms with Crippen LogP contribution < -0.4 is 18.9 Å². The predicted octanol–water partition coefficient (Wildman–Crippen LogP) is 8.36. The summed E-state index contributed by atoms with van der Waals surface area (Å²) in [6.45, 7) is 1.26. The Labute approximate surface area is 237 Å². The molecule has 0 N–H and O–H groups in total. The van der Waals surface area contributed by atoms with Gasteiger partial charge in [0.2, 0.25) is 0 Å². The Balaban J connectivity index is 1.88. The van der Waals surface area contributed by atoms with Gasteiger partial charge in [-0.2, -0.15) is 0 Å². The van der Waals surface area contributed by atoms with Gasteiger partial charge in [-0.1, -0.05) is 50.0 Å². The highest BCUT2D eigenvalue weighted by atomic mass is 35.5. The first-order valence-corrected chi connectivity index (χ1v) is 14.3. The van der Waals surface area contributed by atoms with E-state index in [1.165, 1.54) is 12.2 Å². The van der Waals surface area contributed by atoms with Crippen molar-refractivity contribution in [1.82, 2.24) is 0 Å². The highest BCUT2D eigenvalue weighted by molar-refractivity contribution is 6.18. The monoisotopic (exact) mass is 562 g/mol. The minimum atomic E-state index is -0.127. The lowest BCUT2D eigenvalue weighted by molar-refractivity contribution is -0.110. The van der Waals surface area contributed by atoms with Crippen molar-refractivity contribution in [2.45, 2.75) is 51.4 Å². The van der Waals surface area contributed by atoms with Crippen molar-refractivity contribution in [3.63, 3.8) is 0 Å². The molecule has 2 aromatic carbocycles. The molecule has 0 spiro atoms. The normalized spacial score (nSPS) is 11.3. The Kier molecular flexibility index (Phi) is 16.2. The van der Waals surface area contributed by atoms with Crippen molar-refractivity contribution >= 4 is 41.1 Å². The molecular weight excluding hydrogens is 523 g/mol. The average molecular weight is 564 g/mol. The van der Waals surface area contributed by atoms with Crippen LogP contribution >= 0.6 is 23.2 Å². The van der Waals surface area contributed by atoms with Gasteiger partial charge in [-0.15, -0.1) is 23.2 Å². The van der Waals surface area contributed by atoms with Crippen LogP contribution in [-0.2, 0) is 4.79 Å². The van der Waals surface area contributed by atoms with Gasteiger partial charge in [-0.3, -0.25) is 4.79 Å². The highest BCUT2D eigenvalue weighted by Crippen LogP contribution is 2.30. The lowest BCUT2D eigenvalue weighted by atomic mass is 10.1. The molecule has 0 aliphatic rings. The van der Waals surface area contributed by atoms with Crippen molar-refractivity contribution < 1.29 is 23.7 Å². The maximum atomic E-state index is 12.4. The van der Waals surface area contributed by atoms with Crippen LogP contribution in [0.1, 0.15) is 62.5 Å². The molecule has 0 bridgehead atoms. The minimum absolute atomic E-state index is 0.127. The fourth-order valence-corrected chi connectivity index (χ4v) is 4.07. The predicted molar refractivity (Wildman–Crippen MR) is 158 cm³/mol. The van der Waals surface area contributed by atoms with Crippen LogP contribution in [0.15, 0.2) is 48.6 Å². The van der Waals surface area contributed by atoms with E-state index in [1.54, 1.807) is 26.4 Å². The first-order chi connectivity index (χ1) is 18.6. The first-order valence-electron chi connectivity index (χ1n) is 13.2. The van der Waals surface area contributed by atoms with E-state index in [2.05, 4.69) is 0 Å². The molecule has 0 fully saturated rings. The number of unbranched alkanes of at least 4 members (excludes halogenated alkanes) is 6. The third-order valence-electron chi connectivity index (χ3n) is 5.83. The molecule has 0 unspecified atom stereocenters. The van der Waals surface area contributed by atoms with Crippen LogP contribution in [0.2, 0.25) is 0 Å². The van der Waals surface area contributed by atoms with E-state index < -0.39 is 0 Å². The molecule has 0 saturated heterocycles. The average Bonchev–Trinajstić information content (AvgIpc) is 2.95. The Bertz CT molecular complexity index is 940. The fraction of sp³-hybridized carbons (Fsp3) is 0.452. The summed E-state index contributed by atoms with van der Waals surface area (Å²) in [6.07, 6.45) is 15.0. The van der Waals surface area contributed by atoms with Gasteiger partial charge in [0.1, 0.15) is 0 Å². The van der Waals surface area contributed by atoms with Crippen molar-refractivity contribution in [2.75, 3.05) is 39.2 Å². The number of benzene rings is 2. The van der Waals surface area contributed by atoms with Crippen LogP contribution in [0.25, 0.3) is 12.2 Å². The molecule has 38 heavy (non-hydrogen) atoms. The summed E-state index contributed by atoms with van der Waals surface area (Å²) < 4.78 is 22.7. The topological polar surface area (TPSA) is 54.0 Å². The van der Waals surface area contributed by atoms with E-state index in [0.29, 0.717) is 48.0 Å². The lowest BCUT2D eigenvalue weighted by Crippen LogP contribution is -1.99. The summed E-state index contributed by atoms with van der Waals surface area (Å²) in [5.74, 6) is 3.95. The van der Waals surface area contributed by atoms with Gasteiger partial charge in [0.05, 0.1) is 27.4 Å². The summed E-state index contributed by atoms with van der Waals surface area (Å²) >= 11 is 11.4. The van der Waals surface area contributed by atoms with Gasteiger partial charge in [-0.25, -0.2) is 0 Å². The fourth-order valence-electron chi connectivity index (χ4n) is 3.69. The zero-order valence-electron chi connectivity index (χ0n) is 22.6. The Morgan fingerprint density at radius 3 is 1.45 bits per heavy atom. The van der Waals surface area contributed by atoms with Gasteiger partial charge in [0.25, 0.3) is 0 Å². The molecule has 0 amide bonds. The van der Waals surface area contributed by atoms with Crippen molar-refractivity contribution in [2.24, 2.45) is 0 Å². The van der Waals surface area contributed by atoms with Crippen molar-refractivity contribution in [1.29, 1.82) is 0 Å². The molecule has 0 saturated carbocycles. The molecule has 2 rings (SSSR count). The number of carbonyl (C=O) groups is 1. The number of carbonyl (C=O) groups excluding carboxylic acids is 1. The van der Waals surface area contributed by atoms with E-state index in [0.717, 1.165) is 62.5 Å². The van der Waals surface area contributed by atoms with Crippen molar-refractivity contribution in [3.05, 3.63) is 59.7 Å². The quantitative estimate of drug-likeness (QED) is 0.0921. The largest absolute Gasteiger partial charge is 0.493 e. The molecule has 7 heteroatoms. The van der Waals surface area contributed by atoms with Gasteiger partial charge >= 0.3 is 0 Å². The number of rotatable bonds is 20. The SMILES string of the molecule is COc1cc(C=CC(=O)C=Cc2ccc(OCCCCCCCl)c(OC)c2)ccc1OCCCCCCCl. The molecule has 0 aliphatic heterocycles. The molecule has 2 aromatic rings. The zero-order valence-corrected chi connectivity index (χ0v) is 24.1. The van der Waals surface area contributed by atoms with E-state index in [9.17, 15) is 4.79 Å². The molecule has 0 heterocycles. The third-order valence-corrected chi connectivity index (χ3v) is 6.36. The van der Waals surface area contributed by atoms with E-state index in [4.69, 9.17) is 42.1 Å². The highest BCUT2D eigenvalue weighted by Gasteiger charge is 2.06. The number of halogens is 2. The summed E-state index contributed by atoms with van der Waals surface area (Å²) in [6, 6.07) is 11.3. The molecule has 5 nitrogen and oxygen atoms in total. The second kappa shape index (κ2) is 19.4. The number of allylic oxidation sites excluding steroid dienone is 2. The number of hydrogen-bond acceptors (Lipinski definition) is 5. The summed E-state index contributed by atoms with van der Waals surface area (Å²) in [5, 5.41) is 0. The molecule has 0 aliphatic carbocycles. The third kappa shape index (κ3) is 12.3. The zero-order chi connectivity index (χ0) is 27.4. The second-order valence-electron chi connectivity index (χ2n) is 8.79. The smallest absolute Gasteiger partial charge is 0.178 e. The number of alkyl halides is 2. The minimum Gasteiger partial charge on any atom is -0.493 e. The molecule has 0 aromatic heterocycles. The van der Waals surface area contributed by atoms with E-state index >= 15 is 0 Å². The van der Waals surface area contributed by atoms with Gasteiger partial charge in [-0.05, 0) is 73.2 Å². The number of hydrogen-bond donors (Lipinski definition) is 0. The second-order valence-corrected chi connectivity index (χ2v) is 9.55. The van der Waals surface area contributed by atoms with Crippen LogP contribution in [0.5, 0.6) is 23.0 Å². The Morgan fingerprint density at radius 2 is 1.05 bits per heavy atom. The summed E-state index contributed by atoms with van der Waals surface area (Å²) in [4.78, 5) is 12.4. The maximum absolute atomic E-state index is 12.4. The molecule has 0 radical (unpaired) electrons. The Morgan fingerprint density at radius 1 is 0.632 bits per heavy atom. The van der Waals surface area contributed by atoms with Crippen LogP contribution in [0.3, 0.4) is 0 Å². The molecule has 208 valence electrons. The number of methoxy groups -OCH3 is 2. The lowest BCUT2D eigenvalue weighted by Gasteiger charge is -2.11. The maximum Gasteiger partial charge on any atom is 0.178 e. The van der Waals surface area contributed by atoms with Gasteiger partial charge in [0.15, 0.2) is 28.8 Å². The first kappa shape index (κ1) is 31.6. The molecular formula is C31H40Cl2O5. The number of ketones is 1. The summed E-state index contributed by atoms with van der Waals surface area (Å²) in [7, 11) is 3.22. The molecule has 0 atom stereocenters. The summed E-state index contributed by atoms with van der Waals surface area (Å²) in [5.41, 5.74) is 1.70. The van der Waals surface area contributed by atoms with Crippen LogP contribution in [-0.4, -0.2) is 45.0 Å². The standard InChI is InChI=1S/C31H40Cl2O5/c1-35-30-23-25(13-17-28(30)37-21-9-5-3-7-19-32)11-15-27(34)16-12-26-14-18-29(31(24-26)36-2)38-22-10-6-4-8-20-33/h11-18,23-24H,3-10,19-22H2,1-2H3. The Hall–Kier alpha value is -2.63. The van der Waals surface area contributed by atoms with Gasteiger partial charge < -0.3 is 18.9 Å². The van der Waals surface area contributed by atoms with Crippen molar-refractivity contribution in [3.8, 4) is 23.0 Å². The van der Waals surface area contributed by atoms with Crippen LogP contribution in [0.4, 0.5) is 0 Å². The van der Waals surface area contributed by atoms with E-state index in [1.807, 2.05) is 36.4 Å².